The molecule has 14 heavy (non-hydrogen) atoms. The van der Waals surface area contributed by atoms with Gasteiger partial charge in [0.25, 0.3) is 0 Å². The summed E-state index contributed by atoms with van der Waals surface area (Å²) < 4.78 is 0. The van der Waals surface area contributed by atoms with E-state index in [1.807, 2.05) is 0 Å². The first-order chi connectivity index (χ1) is 6.88. The third-order valence-electron chi connectivity index (χ3n) is 3.56. The van der Waals surface area contributed by atoms with Crippen molar-refractivity contribution in [1.82, 2.24) is 10.6 Å². The van der Waals surface area contributed by atoms with Gasteiger partial charge in [-0.15, -0.1) is 0 Å². The monoisotopic (exact) mass is 198 g/mol. The van der Waals surface area contributed by atoms with Gasteiger partial charge in [-0.05, 0) is 44.7 Å². The number of hydrogen-bond acceptors (Lipinski definition) is 3. The fraction of sp³-hybridized carbons (Fsp3) is 1.00. The van der Waals surface area contributed by atoms with Crippen LogP contribution in [-0.2, 0) is 0 Å². The predicted octanol–water partition coefficient (Wildman–Crippen LogP) is 0.489. The van der Waals surface area contributed by atoms with Crippen LogP contribution >= 0.6 is 0 Å². The van der Waals surface area contributed by atoms with Gasteiger partial charge in [-0.25, -0.2) is 0 Å². The second kappa shape index (κ2) is 5.10. The highest BCUT2D eigenvalue weighted by atomic mass is 16.3. The number of aliphatic hydroxyl groups excluding tert-OH is 1. The van der Waals surface area contributed by atoms with E-state index in [9.17, 15) is 0 Å². The molecule has 2 rings (SSSR count). The van der Waals surface area contributed by atoms with Crippen molar-refractivity contribution in [2.45, 2.75) is 44.2 Å². The van der Waals surface area contributed by atoms with Gasteiger partial charge >= 0.3 is 0 Å². The summed E-state index contributed by atoms with van der Waals surface area (Å²) in [4.78, 5) is 0. The van der Waals surface area contributed by atoms with Crippen LogP contribution in [0.5, 0.6) is 0 Å². The Balaban J connectivity index is 1.69. The second-order valence-electron chi connectivity index (χ2n) is 4.77. The Bertz CT molecular complexity index is 169. The van der Waals surface area contributed by atoms with Crippen LogP contribution in [0.4, 0.5) is 0 Å². The van der Waals surface area contributed by atoms with Crippen molar-refractivity contribution in [3.05, 3.63) is 0 Å². The summed E-state index contributed by atoms with van der Waals surface area (Å²) in [6, 6.07) is 1.11. The lowest BCUT2D eigenvalue weighted by molar-refractivity contribution is 0.250. The van der Waals surface area contributed by atoms with Gasteiger partial charge < -0.3 is 15.7 Å². The minimum absolute atomic E-state index is 0.300. The van der Waals surface area contributed by atoms with Gasteiger partial charge in [-0.2, -0.15) is 0 Å². The van der Waals surface area contributed by atoms with Crippen LogP contribution in [0.25, 0.3) is 0 Å². The summed E-state index contributed by atoms with van der Waals surface area (Å²) in [7, 11) is 0. The molecule has 0 saturated carbocycles. The van der Waals surface area contributed by atoms with E-state index in [2.05, 4.69) is 10.6 Å². The molecule has 3 nitrogen and oxygen atoms in total. The normalized spacial score (nSPS) is 38.8. The van der Waals surface area contributed by atoms with Crippen molar-refractivity contribution in [2.24, 2.45) is 5.92 Å². The summed E-state index contributed by atoms with van der Waals surface area (Å²) in [6.07, 6.45) is 6.54. The molecule has 2 fully saturated rings. The van der Waals surface area contributed by atoms with Crippen LogP contribution in [0.3, 0.4) is 0 Å². The zero-order valence-electron chi connectivity index (χ0n) is 8.84. The van der Waals surface area contributed by atoms with Crippen molar-refractivity contribution in [3.8, 4) is 0 Å². The number of piperidine rings is 1. The maximum absolute atomic E-state index is 9.01. The zero-order chi connectivity index (χ0) is 9.80. The molecule has 0 radical (unpaired) electrons. The zero-order valence-corrected chi connectivity index (χ0v) is 8.84. The summed E-state index contributed by atoms with van der Waals surface area (Å²) in [5, 5.41) is 16.0. The SMILES string of the molecule is OCC1CC(CC2CCCCN2)CN1. The summed E-state index contributed by atoms with van der Waals surface area (Å²) >= 11 is 0. The maximum Gasteiger partial charge on any atom is 0.0584 e. The van der Waals surface area contributed by atoms with Crippen molar-refractivity contribution >= 4 is 0 Å². The Hall–Kier alpha value is -0.120. The van der Waals surface area contributed by atoms with E-state index in [0.29, 0.717) is 12.6 Å². The third kappa shape index (κ3) is 2.69. The molecule has 3 unspecified atom stereocenters. The number of hydrogen-bond donors (Lipinski definition) is 3. The fourth-order valence-electron chi connectivity index (χ4n) is 2.75. The largest absolute Gasteiger partial charge is 0.395 e. The first-order valence-corrected chi connectivity index (χ1v) is 5.96. The molecule has 2 aliphatic rings. The maximum atomic E-state index is 9.01. The molecule has 0 aromatic rings. The lowest BCUT2D eigenvalue weighted by atomic mass is 9.92. The molecular formula is C11H22N2O. The van der Waals surface area contributed by atoms with E-state index < -0.39 is 0 Å². The predicted molar refractivity (Wildman–Crippen MR) is 57.2 cm³/mol. The van der Waals surface area contributed by atoms with Crippen LogP contribution in [0.2, 0.25) is 0 Å². The van der Waals surface area contributed by atoms with Crippen molar-refractivity contribution < 1.29 is 5.11 Å². The molecule has 82 valence electrons. The van der Waals surface area contributed by atoms with E-state index in [1.165, 1.54) is 32.2 Å². The molecule has 0 spiro atoms. The Morgan fingerprint density at radius 3 is 2.71 bits per heavy atom. The highest BCUT2D eigenvalue weighted by Gasteiger charge is 2.26. The number of nitrogens with one attached hydrogen (secondary N) is 2. The molecule has 3 N–H and O–H groups in total. The van der Waals surface area contributed by atoms with E-state index in [4.69, 9.17) is 5.11 Å². The molecule has 2 aliphatic heterocycles. The highest BCUT2D eigenvalue weighted by Crippen LogP contribution is 2.22. The van der Waals surface area contributed by atoms with Gasteiger partial charge in [0.2, 0.25) is 0 Å². The van der Waals surface area contributed by atoms with Crippen molar-refractivity contribution in [2.75, 3.05) is 19.7 Å². The molecular weight excluding hydrogens is 176 g/mol. The Labute approximate surface area is 86.3 Å². The first kappa shape index (κ1) is 10.4. The Kier molecular flexibility index (Phi) is 3.79. The second-order valence-corrected chi connectivity index (χ2v) is 4.77. The molecule has 0 amide bonds. The van der Waals surface area contributed by atoms with Gasteiger partial charge in [0.1, 0.15) is 0 Å². The van der Waals surface area contributed by atoms with Crippen LogP contribution in [0, 0.1) is 5.92 Å². The summed E-state index contributed by atoms with van der Waals surface area (Å²) in [5.74, 6) is 0.780. The van der Waals surface area contributed by atoms with Crippen LogP contribution in [-0.4, -0.2) is 36.9 Å². The van der Waals surface area contributed by atoms with Gasteiger partial charge in [-0.3, -0.25) is 0 Å². The molecule has 2 saturated heterocycles. The molecule has 0 aromatic heterocycles. The molecule has 2 heterocycles. The Morgan fingerprint density at radius 2 is 2.07 bits per heavy atom. The van der Waals surface area contributed by atoms with E-state index in [-0.39, 0.29) is 0 Å². The molecule has 0 aromatic carbocycles. The average Bonchev–Trinajstić information content (AvgIpc) is 2.67. The van der Waals surface area contributed by atoms with E-state index >= 15 is 0 Å². The third-order valence-corrected chi connectivity index (χ3v) is 3.56. The van der Waals surface area contributed by atoms with Crippen molar-refractivity contribution in [3.63, 3.8) is 0 Å². The lowest BCUT2D eigenvalue weighted by Gasteiger charge is -2.25. The molecule has 3 heteroatoms. The highest BCUT2D eigenvalue weighted by molar-refractivity contribution is 4.85. The van der Waals surface area contributed by atoms with Crippen LogP contribution in [0.15, 0.2) is 0 Å². The fourth-order valence-corrected chi connectivity index (χ4v) is 2.75. The number of rotatable bonds is 3. The van der Waals surface area contributed by atoms with Crippen LogP contribution in [0.1, 0.15) is 32.1 Å². The van der Waals surface area contributed by atoms with Gasteiger partial charge in [0.05, 0.1) is 6.61 Å². The molecule has 0 bridgehead atoms. The van der Waals surface area contributed by atoms with Gasteiger partial charge in [0, 0.05) is 12.1 Å². The smallest absolute Gasteiger partial charge is 0.0584 e. The Morgan fingerprint density at radius 1 is 1.14 bits per heavy atom. The minimum atomic E-state index is 0.300. The van der Waals surface area contributed by atoms with E-state index in [0.717, 1.165) is 24.9 Å². The standard InChI is InChI=1S/C11H22N2O/c14-8-11-6-9(7-13-11)5-10-3-1-2-4-12-10/h9-14H,1-8H2. The molecule has 0 aliphatic carbocycles. The topological polar surface area (TPSA) is 44.3 Å². The van der Waals surface area contributed by atoms with E-state index in [1.54, 1.807) is 0 Å². The average molecular weight is 198 g/mol. The summed E-state index contributed by atoms with van der Waals surface area (Å²) in [6.45, 7) is 2.60. The number of aliphatic hydroxyl groups is 1. The van der Waals surface area contributed by atoms with Gasteiger partial charge in [-0.1, -0.05) is 6.42 Å². The quantitative estimate of drug-likeness (QED) is 0.618. The molecule has 3 atom stereocenters. The van der Waals surface area contributed by atoms with Crippen LogP contribution < -0.4 is 10.6 Å². The van der Waals surface area contributed by atoms with Crippen molar-refractivity contribution in [1.29, 1.82) is 0 Å². The summed E-state index contributed by atoms with van der Waals surface area (Å²) in [5.41, 5.74) is 0. The lowest BCUT2D eigenvalue weighted by Crippen LogP contribution is -2.35. The van der Waals surface area contributed by atoms with Gasteiger partial charge in [0.15, 0.2) is 0 Å². The first-order valence-electron chi connectivity index (χ1n) is 5.96. The minimum Gasteiger partial charge on any atom is -0.395 e.